The number of amides is 1. The van der Waals surface area contributed by atoms with E-state index in [9.17, 15) is 9.59 Å². The van der Waals surface area contributed by atoms with E-state index in [0.717, 1.165) is 5.56 Å². The van der Waals surface area contributed by atoms with Gasteiger partial charge in [-0.25, -0.2) is 4.79 Å². The summed E-state index contributed by atoms with van der Waals surface area (Å²) in [6.07, 6.45) is 0.513. The fourth-order valence-electron chi connectivity index (χ4n) is 1.88. The van der Waals surface area contributed by atoms with Crippen LogP contribution in [0.1, 0.15) is 44.7 Å². The number of likely N-dealkylation sites (N-methyl/N-ethyl adjacent to an activating group) is 1. The smallest absolute Gasteiger partial charge is 0.349 e. The van der Waals surface area contributed by atoms with E-state index in [2.05, 4.69) is 19.2 Å². The molecule has 0 saturated carbocycles. The maximum Gasteiger partial charge on any atom is 0.349 e. The highest BCUT2D eigenvalue weighted by atomic mass is 16.5. The van der Waals surface area contributed by atoms with Crippen LogP contribution >= 0.6 is 0 Å². The second-order valence-corrected chi connectivity index (χ2v) is 5.43. The molecule has 122 valence electrons. The van der Waals surface area contributed by atoms with Gasteiger partial charge in [0, 0.05) is 6.54 Å². The van der Waals surface area contributed by atoms with Crippen molar-refractivity contribution in [1.29, 1.82) is 5.26 Å². The zero-order chi connectivity index (χ0) is 17.4. The first-order valence-electron chi connectivity index (χ1n) is 7.59. The molecule has 0 aliphatic heterocycles. The fraction of sp³-hybridized carbons (Fsp3) is 0.389. The number of benzene rings is 1. The zero-order valence-corrected chi connectivity index (χ0v) is 13.9. The Morgan fingerprint density at radius 1 is 1.26 bits per heavy atom. The monoisotopic (exact) mass is 314 g/mol. The lowest BCUT2D eigenvalue weighted by atomic mass is 10.0. The van der Waals surface area contributed by atoms with Crippen molar-refractivity contribution >= 4 is 18.0 Å². The SMILES string of the molecule is CCNC(=O)[C@@H](C)OC(=O)/C(C#N)=C/c1ccc(C(C)C)cc1. The van der Waals surface area contributed by atoms with Crippen LogP contribution in [0.25, 0.3) is 6.08 Å². The molecule has 0 bridgehead atoms. The summed E-state index contributed by atoms with van der Waals surface area (Å²) in [5, 5.41) is 11.7. The molecule has 0 aromatic heterocycles. The number of nitrogens with zero attached hydrogens (tertiary/aromatic N) is 1. The van der Waals surface area contributed by atoms with Crippen LogP contribution < -0.4 is 5.32 Å². The Hall–Kier alpha value is -2.61. The number of hydrogen-bond donors (Lipinski definition) is 1. The first kappa shape index (κ1) is 18.4. The number of rotatable bonds is 6. The standard InChI is InChI=1S/C18H22N2O3/c1-5-20-17(21)13(4)23-18(22)16(11-19)10-14-6-8-15(9-7-14)12(2)3/h6-10,12-13H,5H2,1-4H3,(H,20,21)/b16-10+/t13-/m1/s1. The molecule has 0 heterocycles. The topological polar surface area (TPSA) is 79.2 Å². The van der Waals surface area contributed by atoms with Crippen LogP contribution in [-0.4, -0.2) is 24.5 Å². The molecule has 0 saturated heterocycles. The number of nitriles is 1. The summed E-state index contributed by atoms with van der Waals surface area (Å²) in [6.45, 7) is 7.87. The number of esters is 1. The van der Waals surface area contributed by atoms with Crippen molar-refractivity contribution in [2.45, 2.75) is 39.7 Å². The number of nitrogens with one attached hydrogen (secondary N) is 1. The van der Waals surface area contributed by atoms with Gasteiger partial charge in [-0.3, -0.25) is 4.79 Å². The molecule has 0 spiro atoms. The number of carbonyl (C=O) groups is 2. The Kier molecular flexibility index (Phi) is 7.01. The molecule has 23 heavy (non-hydrogen) atoms. The normalized spacial score (nSPS) is 12.4. The fourth-order valence-corrected chi connectivity index (χ4v) is 1.88. The van der Waals surface area contributed by atoms with Gasteiger partial charge in [-0.15, -0.1) is 0 Å². The van der Waals surface area contributed by atoms with E-state index >= 15 is 0 Å². The van der Waals surface area contributed by atoms with Gasteiger partial charge in [-0.05, 0) is 37.0 Å². The van der Waals surface area contributed by atoms with Crippen LogP contribution in [0.4, 0.5) is 0 Å². The summed E-state index contributed by atoms with van der Waals surface area (Å²) >= 11 is 0. The Bertz CT molecular complexity index is 625. The van der Waals surface area contributed by atoms with Crippen molar-refractivity contribution in [2.24, 2.45) is 0 Å². The molecule has 1 aromatic carbocycles. The minimum atomic E-state index is -0.942. The molecule has 1 rings (SSSR count). The van der Waals surface area contributed by atoms with Crippen molar-refractivity contribution in [2.75, 3.05) is 6.54 Å². The summed E-state index contributed by atoms with van der Waals surface area (Å²) in [5.41, 5.74) is 1.76. The molecular weight excluding hydrogens is 292 g/mol. The Balaban J connectivity index is 2.84. The van der Waals surface area contributed by atoms with Crippen LogP contribution in [0.3, 0.4) is 0 Å². The van der Waals surface area contributed by atoms with E-state index < -0.39 is 12.1 Å². The van der Waals surface area contributed by atoms with Crippen molar-refractivity contribution in [1.82, 2.24) is 5.32 Å². The van der Waals surface area contributed by atoms with E-state index in [1.54, 1.807) is 6.92 Å². The molecular formula is C18H22N2O3. The third-order valence-corrected chi connectivity index (χ3v) is 3.26. The van der Waals surface area contributed by atoms with Gasteiger partial charge in [-0.2, -0.15) is 5.26 Å². The minimum Gasteiger partial charge on any atom is -0.448 e. The highest BCUT2D eigenvalue weighted by Crippen LogP contribution is 2.16. The highest BCUT2D eigenvalue weighted by Gasteiger charge is 2.19. The minimum absolute atomic E-state index is 0.140. The first-order chi connectivity index (χ1) is 10.9. The zero-order valence-electron chi connectivity index (χ0n) is 13.9. The van der Waals surface area contributed by atoms with Gasteiger partial charge in [0.05, 0.1) is 0 Å². The molecule has 0 radical (unpaired) electrons. The van der Waals surface area contributed by atoms with E-state index in [1.807, 2.05) is 30.3 Å². The van der Waals surface area contributed by atoms with Crippen LogP contribution in [0.5, 0.6) is 0 Å². The quantitative estimate of drug-likeness (QED) is 0.497. The van der Waals surface area contributed by atoms with Crippen molar-refractivity contribution in [3.05, 3.63) is 41.0 Å². The average molecular weight is 314 g/mol. The second kappa shape index (κ2) is 8.74. The number of ether oxygens (including phenoxy) is 1. The molecule has 5 heteroatoms. The molecule has 0 aliphatic carbocycles. The van der Waals surface area contributed by atoms with Gasteiger partial charge >= 0.3 is 5.97 Å². The van der Waals surface area contributed by atoms with E-state index in [1.165, 1.54) is 18.6 Å². The molecule has 5 nitrogen and oxygen atoms in total. The van der Waals surface area contributed by atoms with Crippen molar-refractivity contribution in [3.63, 3.8) is 0 Å². The summed E-state index contributed by atoms with van der Waals surface area (Å²) in [5.74, 6) is -0.787. The molecule has 0 fully saturated rings. The third kappa shape index (κ3) is 5.59. The highest BCUT2D eigenvalue weighted by molar-refractivity contribution is 5.99. The van der Waals surface area contributed by atoms with Gasteiger partial charge in [-0.1, -0.05) is 38.1 Å². The molecule has 0 unspecified atom stereocenters. The maximum atomic E-state index is 12.0. The van der Waals surface area contributed by atoms with E-state index in [0.29, 0.717) is 12.5 Å². The van der Waals surface area contributed by atoms with Gasteiger partial charge in [0.2, 0.25) is 0 Å². The van der Waals surface area contributed by atoms with Gasteiger partial charge in [0.25, 0.3) is 5.91 Å². The van der Waals surface area contributed by atoms with Crippen molar-refractivity contribution in [3.8, 4) is 6.07 Å². The predicted octanol–water partition coefficient (Wildman–Crippen LogP) is 2.78. The van der Waals surface area contributed by atoms with Crippen molar-refractivity contribution < 1.29 is 14.3 Å². The van der Waals surface area contributed by atoms with E-state index in [-0.39, 0.29) is 11.5 Å². The lowest BCUT2D eigenvalue weighted by molar-refractivity contribution is -0.150. The predicted molar refractivity (Wildman–Crippen MR) is 88.4 cm³/mol. The summed E-state index contributed by atoms with van der Waals surface area (Å²) in [6, 6.07) is 9.40. The second-order valence-electron chi connectivity index (χ2n) is 5.43. The lowest BCUT2D eigenvalue weighted by Crippen LogP contribution is -2.35. The average Bonchev–Trinajstić information content (AvgIpc) is 2.52. The van der Waals surface area contributed by atoms with Crippen LogP contribution in [0.2, 0.25) is 0 Å². The summed E-state index contributed by atoms with van der Waals surface area (Å²) < 4.78 is 5.01. The Morgan fingerprint density at radius 2 is 1.87 bits per heavy atom. The number of hydrogen-bond acceptors (Lipinski definition) is 4. The maximum absolute atomic E-state index is 12.0. The number of carbonyl (C=O) groups excluding carboxylic acids is 2. The molecule has 1 atom stereocenters. The molecule has 1 N–H and O–H groups in total. The first-order valence-corrected chi connectivity index (χ1v) is 7.59. The molecule has 1 aromatic rings. The van der Waals surface area contributed by atoms with Crippen LogP contribution in [-0.2, 0) is 14.3 Å². The third-order valence-electron chi connectivity index (χ3n) is 3.26. The van der Waals surface area contributed by atoms with E-state index in [4.69, 9.17) is 10.00 Å². The van der Waals surface area contributed by atoms with Crippen LogP contribution in [0.15, 0.2) is 29.8 Å². The van der Waals surface area contributed by atoms with Crippen LogP contribution in [0, 0.1) is 11.3 Å². The van der Waals surface area contributed by atoms with Gasteiger partial charge in [0.1, 0.15) is 11.6 Å². The van der Waals surface area contributed by atoms with Gasteiger partial charge in [0.15, 0.2) is 6.10 Å². The van der Waals surface area contributed by atoms with Gasteiger partial charge < -0.3 is 10.1 Å². The summed E-state index contributed by atoms with van der Waals surface area (Å²) in [4.78, 5) is 23.5. The Labute approximate surface area is 137 Å². The largest absolute Gasteiger partial charge is 0.448 e. The molecule has 1 amide bonds. The Morgan fingerprint density at radius 3 is 2.35 bits per heavy atom. The molecule has 0 aliphatic rings. The summed E-state index contributed by atoms with van der Waals surface area (Å²) in [7, 11) is 0. The lowest BCUT2D eigenvalue weighted by Gasteiger charge is -2.12.